The Hall–Kier alpha value is -1.36. The first-order chi connectivity index (χ1) is 8.88. The molecule has 0 unspecified atom stereocenters. The molecule has 4 nitrogen and oxygen atoms in total. The normalized spacial score (nSPS) is 14.9. The minimum atomic E-state index is -0.0377. The summed E-state index contributed by atoms with van der Waals surface area (Å²) in [6.45, 7) is 6.40. The van der Waals surface area contributed by atoms with Crippen LogP contribution < -0.4 is 5.73 Å². The Balaban J connectivity index is 2.15. The van der Waals surface area contributed by atoms with Gasteiger partial charge in [0.15, 0.2) is 11.6 Å². The number of nitrogen functional groups attached to an aromatic ring is 1. The van der Waals surface area contributed by atoms with E-state index in [2.05, 4.69) is 25.9 Å². The summed E-state index contributed by atoms with van der Waals surface area (Å²) >= 11 is 1.72. The SMILES string of the molecule is Cn1nc(C(C)(C)C)nc1-c1c(N)sc2c1CCC2. The zero-order valence-electron chi connectivity index (χ0n) is 11.9. The van der Waals surface area contributed by atoms with Gasteiger partial charge in [-0.3, -0.25) is 0 Å². The molecule has 0 aromatic carbocycles. The maximum atomic E-state index is 6.21. The molecule has 0 saturated heterocycles. The van der Waals surface area contributed by atoms with Crippen molar-refractivity contribution in [1.82, 2.24) is 14.8 Å². The van der Waals surface area contributed by atoms with Crippen LogP contribution in [-0.2, 0) is 25.3 Å². The standard InChI is InChI=1S/C14H20N4S/c1-14(2,3)13-16-12(18(4)17-13)10-8-6-5-7-9(8)19-11(10)15/h5-7,15H2,1-4H3. The molecule has 5 heteroatoms. The number of nitrogens with two attached hydrogens (primary N) is 1. The lowest BCUT2D eigenvalue weighted by atomic mass is 9.96. The molecule has 0 spiro atoms. The van der Waals surface area contributed by atoms with Gasteiger partial charge in [0.2, 0.25) is 0 Å². The van der Waals surface area contributed by atoms with Crippen molar-refractivity contribution in [1.29, 1.82) is 0 Å². The van der Waals surface area contributed by atoms with Gasteiger partial charge in [0.1, 0.15) is 0 Å². The van der Waals surface area contributed by atoms with Crippen molar-refractivity contribution in [3.63, 3.8) is 0 Å². The first kappa shape index (κ1) is 12.7. The number of thiophene rings is 1. The van der Waals surface area contributed by atoms with E-state index in [0.29, 0.717) is 0 Å². The summed E-state index contributed by atoms with van der Waals surface area (Å²) in [5.74, 6) is 1.80. The van der Waals surface area contributed by atoms with E-state index in [1.54, 1.807) is 11.3 Å². The van der Waals surface area contributed by atoms with Crippen molar-refractivity contribution >= 4 is 16.3 Å². The highest BCUT2D eigenvalue weighted by Gasteiger charge is 2.27. The van der Waals surface area contributed by atoms with Crippen molar-refractivity contribution in [2.24, 2.45) is 7.05 Å². The minimum absolute atomic E-state index is 0.0377. The highest BCUT2D eigenvalue weighted by molar-refractivity contribution is 7.16. The molecule has 2 aromatic heterocycles. The van der Waals surface area contributed by atoms with Gasteiger partial charge < -0.3 is 5.73 Å². The van der Waals surface area contributed by atoms with Gasteiger partial charge in [-0.05, 0) is 24.8 Å². The third-order valence-electron chi connectivity index (χ3n) is 3.61. The molecule has 1 aliphatic rings. The molecule has 1 aliphatic carbocycles. The average molecular weight is 276 g/mol. The van der Waals surface area contributed by atoms with Gasteiger partial charge in [0.05, 0.1) is 10.6 Å². The molecule has 2 heterocycles. The van der Waals surface area contributed by atoms with E-state index in [1.807, 2.05) is 11.7 Å². The van der Waals surface area contributed by atoms with E-state index in [4.69, 9.17) is 10.7 Å². The lowest BCUT2D eigenvalue weighted by Crippen LogP contribution is -2.13. The maximum Gasteiger partial charge on any atom is 0.161 e. The highest BCUT2D eigenvalue weighted by atomic mass is 32.1. The summed E-state index contributed by atoms with van der Waals surface area (Å²) < 4.78 is 1.87. The molecule has 0 bridgehead atoms. The average Bonchev–Trinajstić information content (AvgIpc) is 2.92. The molecule has 0 radical (unpaired) electrons. The number of hydrogen-bond donors (Lipinski definition) is 1. The van der Waals surface area contributed by atoms with Crippen LogP contribution in [0.2, 0.25) is 0 Å². The summed E-state index contributed by atoms with van der Waals surface area (Å²) in [6.07, 6.45) is 3.52. The Morgan fingerprint density at radius 2 is 2.00 bits per heavy atom. The Morgan fingerprint density at radius 3 is 2.63 bits per heavy atom. The zero-order chi connectivity index (χ0) is 13.8. The molecule has 0 aliphatic heterocycles. The van der Waals surface area contributed by atoms with Gasteiger partial charge >= 0.3 is 0 Å². The van der Waals surface area contributed by atoms with E-state index >= 15 is 0 Å². The van der Waals surface area contributed by atoms with Gasteiger partial charge in [0, 0.05) is 17.3 Å². The molecule has 102 valence electrons. The molecule has 19 heavy (non-hydrogen) atoms. The third kappa shape index (κ3) is 1.96. The lowest BCUT2D eigenvalue weighted by Gasteiger charge is -2.12. The Bertz CT molecular complexity index is 631. The van der Waals surface area contributed by atoms with Gasteiger partial charge in [-0.15, -0.1) is 11.3 Å². The number of anilines is 1. The van der Waals surface area contributed by atoms with E-state index in [9.17, 15) is 0 Å². The molecular weight excluding hydrogens is 256 g/mol. The molecule has 0 atom stereocenters. The number of aromatic nitrogens is 3. The monoisotopic (exact) mass is 276 g/mol. The number of aryl methyl sites for hydroxylation is 2. The predicted molar refractivity (Wildman–Crippen MR) is 79.5 cm³/mol. The molecule has 0 amide bonds. The molecule has 3 rings (SSSR count). The van der Waals surface area contributed by atoms with Crippen LogP contribution in [0.25, 0.3) is 11.4 Å². The van der Waals surface area contributed by atoms with Gasteiger partial charge in [-0.1, -0.05) is 20.8 Å². The van der Waals surface area contributed by atoms with Crippen LogP contribution >= 0.6 is 11.3 Å². The second-order valence-electron chi connectivity index (χ2n) is 6.23. The predicted octanol–water partition coefficient (Wildman–Crippen LogP) is 2.91. The van der Waals surface area contributed by atoms with Crippen LogP contribution in [0.3, 0.4) is 0 Å². The molecule has 0 fully saturated rings. The van der Waals surface area contributed by atoms with E-state index in [1.165, 1.54) is 16.9 Å². The quantitative estimate of drug-likeness (QED) is 0.871. The van der Waals surface area contributed by atoms with Crippen molar-refractivity contribution in [2.75, 3.05) is 5.73 Å². The van der Waals surface area contributed by atoms with Crippen molar-refractivity contribution in [3.8, 4) is 11.4 Å². The fraction of sp³-hybridized carbons (Fsp3) is 0.571. The Kier molecular flexibility index (Phi) is 2.71. The molecular formula is C14H20N4S. The Labute approximate surface area is 117 Å². The summed E-state index contributed by atoms with van der Waals surface area (Å²) in [5.41, 5.74) is 8.70. The van der Waals surface area contributed by atoms with Crippen LogP contribution in [0.1, 0.15) is 43.5 Å². The smallest absolute Gasteiger partial charge is 0.161 e. The zero-order valence-corrected chi connectivity index (χ0v) is 12.8. The molecule has 0 saturated carbocycles. The number of rotatable bonds is 1. The summed E-state index contributed by atoms with van der Waals surface area (Å²) in [5, 5.41) is 5.45. The van der Waals surface area contributed by atoms with Crippen LogP contribution in [-0.4, -0.2) is 14.8 Å². The molecule has 2 N–H and O–H groups in total. The van der Waals surface area contributed by atoms with Crippen LogP contribution in [0.5, 0.6) is 0 Å². The lowest BCUT2D eigenvalue weighted by molar-refractivity contribution is 0.538. The Morgan fingerprint density at radius 1 is 1.26 bits per heavy atom. The summed E-state index contributed by atoms with van der Waals surface area (Å²) in [7, 11) is 1.95. The van der Waals surface area contributed by atoms with Gasteiger partial charge in [-0.2, -0.15) is 5.10 Å². The summed E-state index contributed by atoms with van der Waals surface area (Å²) in [6, 6.07) is 0. The van der Waals surface area contributed by atoms with Gasteiger partial charge in [0.25, 0.3) is 0 Å². The van der Waals surface area contributed by atoms with E-state index < -0.39 is 0 Å². The fourth-order valence-corrected chi connectivity index (χ4v) is 3.75. The van der Waals surface area contributed by atoms with Crippen molar-refractivity contribution < 1.29 is 0 Å². The topological polar surface area (TPSA) is 56.7 Å². The number of fused-ring (bicyclic) bond motifs is 1. The van der Waals surface area contributed by atoms with Crippen molar-refractivity contribution in [2.45, 2.75) is 45.4 Å². The van der Waals surface area contributed by atoms with Crippen LogP contribution in [0.15, 0.2) is 0 Å². The van der Waals surface area contributed by atoms with E-state index in [0.717, 1.165) is 35.1 Å². The van der Waals surface area contributed by atoms with Crippen LogP contribution in [0, 0.1) is 0 Å². The number of nitrogens with zero attached hydrogens (tertiary/aromatic N) is 3. The first-order valence-corrected chi connectivity index (χ1v) is 7.51. The number of hydrogen-bond acceptors (Lipinski definition) is 4. The first-order valence-electron chi connectivity index (χ1n) is 6.70. The molecule has 2 aromatic rings. The van der Waals surface area contributed by atoms with E-state index in [-0.39, 0.29) is 5.41 Å². The maximum absolute atomic E-state index is 6.21. The fourth-order valence-electron chi connectivity index (χ4n) is 2.59. The second-order valence-corrected chi connectivity index (χ2v) is 7.37. The minimum Gasteiger partial charge on any atom is -0.390 e. The van der Waals surface area contributed by atoms with Crippen molar-refractivity contribution in [3.05, 3.63) is 16.3 Å². The summed E-state index contributed by atoms with van der Waals surface area (Å²) in [4.78, 5) is 6.18. The van der Waals surface area contributed by atoms with Gasteiger partial charge in [-0.25, -0.2) is 9.67 Å². The van der Waals surface area contributed by atoms with Crippen LogP contribution in [0.4, 0.5) is 5.00 Å². The highest BCUT2D eigenvalue weighted by Crippen LogP contribution is 2.42. The largest absolute Gasteiger partial charge is 0.390 e. The third-order valence-corrected chi connectivity index (χ3v) is 4.73. The second kappa shape index (κ2) is 4.07.